The second-order valence-electron chi connectivity index (χ2n) is 4.04. The van der Waals surface area contributed by atoms with Crippen LogP contribution < -0.4 is 5.73 Å². The first-order chi connectivity index (χ1) is 7.22. The molecule has 1 aromatic rings. The molecule has 15 heavy (non-hydrogen) atoms. The summed E-state index contributed by atoms with van der Waals surface area (Å²) in [6.07, 6.45) is 1.91. The minimum Gasteiger partial charge on any atom is -0.341 e. The van der Waals surface area contributed by atoms with Gasteiger partial charge in [-0.3, -0.25) is 4.79 Å². The summed E-state index contributed by atoms with van der Waals surface area (Å²) < 4.78 is 0. The van der Waals surface area contributed by atoms with Crippen LogP contribution in [0.3, 0.4) is 0 Å². The summed E-state index contributed by atoms with van der Waals surface area (Å²) in [5.74, 6) is 0.0211. The predicted octanol–water partition coefficient (Wildman–Crippen LogP) is 0.571. The molecule has 0 bridgehead atoms. The molecule has 0 spiro atoms. The van der Waals surface area contributed by atoms with Crippen molar-refractivity contribution in [2.24, 2.45) is 5.73 Å². The van der Waals surface area contributed by atoms with Crippen LogP contribution in [0.2, 0.25) is 0 Å². The van der Waals surface area contributed by atoms with Crippen molar-refractivity contribution in [3.05, 3.63) is 35.4 Å². The molecule has 0 heterocycles. The zero-order chi connectivity index (χ0) is 10.8. The third kappa shape index (κ3) is 1.88. The van der Waals surface area contributed by atoms with E-state index in [0.29, 0.717) is 6.04 Å². The lowest BCUT2D eigenvalue weighted by atomic mass is 10.1. The van der Waals surface area contributed by atoms with E-state index >= 15 is 0 Å². The molecule has 0 unspecified atom stereocenters. The largest absolute Gasteiger partial charge is 0.341 e. The van der Waals surface area contributed by atoms with Crippen LogP contribution in [0.25, 0.3) is 0 Å². The van der Waals surface area contributed by atoms with E-state index in [2.05, 4.69) is 12.1 Å². The molecule has 0 radical (unpaired) electrons. The number of hydrogen-bond acceptors (Lipinski definition) is 2. The fraction of sp³-hybridized carbons (Fsp3) is 0.417. The van der Waals surface area contributed by atoms with Gasteiger partial charge in [-0.1, -0.05) is 24.3 Å². The molecule has 1 aromatic carbocycles. The maximum Gasteiger partial charge on any atom is 0.236 e. The molecule has 1 amide bonds. The number of likely N-dealkylation sites (N-methyl/N-ethyl adjacent to an activating group) is 1. The van der Waals surface area contributed by atoms with E-state index in [9.17, 15) is 4.79 Å². The molecule has 3 heteroatoms. The van der Waals surface area contributed by atoms with Gasteiger partial charge in [0.1, 0.15) is 0 Å². The van der Waals surface area contributed by atoms with Crippen LogP contribution in [-0.2, 0) is 17.6 Å². The number of amides is 1. The van der Waals surface area contributed by atoms with Gasteiger partial charge in [0.2, 0.25) is 5.91 Å². The van der Waals surface area contributed by atoms with Crippen molar-refractivity contribution >= 4 is 5.91 Å². The van der Waals surface area contributed by atoms with Crippen molar-refractivity contribution in [2.75, 3.05) is 13.6 Å². The van der Waals surface area contributed by atoms with Crippen molar-refractivity contribution in [3.63, 3.8) is 0 Å². The quantitative estimate of drug-likeness (QED) is 0.765. The summed E-state index contributed by atoms with van der Waals surface area (Å²) in [6, 6.07) is 8.66. The van der Waals surface area contributed by atoms with Crippen molar-refractivity contribution in [3.8, 4) is 0 Å². The Balaban J connectivity index is 2.10. The smallest absolute Gasteiger partial charge is 0.236 e. The third-order valence-electron chi connectivity index (χ3n) is 3.15. The number of fused-ring (bicyclic) bond motifs is 1. The Morgan fingerprint density at radius 3 is 2.40 bits per heavy atom. The molecule has 0 aromatic heterocycles. The van der Waals surface area contributed by atoms with Gasteiger partial charge in [-0.2, -0.15) is 0 Å². The van der Waals surface area contributed by atoms with Gasteiger partial charge >= 0.3 is 0 Å². The molecule has 0 fully saturated rings. The standard InChI is InChI=1S/C12H16N2O/c1-14(12(15)8-13)11-6-9-4-2-3-5-10(9)7-11/h2-5,11H,6-8,13H2,1H3. The molecule has 80 valence electrons. The summed E-state index contributed by atoms with van der Waals surface area (Å²) in [7, 11) is 1.84. The summed E-state index contributed by atoms with van der Waals surface area (Å²) in [4.78, 5) is 13.2. The van der Waals surface area contributed by atoms with Gasteiger partial charge in [0, 0.05) is 13.1 Å². The van der Waals surface area contributed by atoms with Crippen molar-refractivity contribution < 1.29 is 4.79 Å². The van der Waals surface area contributed by atoms with E-state index in [4.69, 9.17) is 5.73 Å². The third-order valence-corrected chi connectivity index (χ3v) is 3.15. The topological polar surface area (TPSA) is 46.3 Å². The summed E-state index contributed by atoms with van der Waals surface area (Å²) in [5, 5.41) is 0. The monoisotopic (exact) mass is 204 g/mol. The van der Waals surface area contributed by atoms with E-state index < -0.39 is 0 Å². The Morgan fingerprint density at radius 2 is 1.93 bits per heavy atom. The van der Waals surface area contributed by atoms with E-state index in [1.807, 2.05) is 19.2 Å². The van der Waals surface area contributed by atoms with Gasteiger partial charge in [0.05, 0.1) is 6.54 Å². The van der Waals surface area contributed by atoms with Gasteiger partial charge in [-0.25, -0.2) is 0 Å². The molecule has 1 aliphatic rings. The Morgan fingerprint density at radius 1 is 1.40 bits per heavy atom. The zero-order valence-electron chi connectivity index (χ0n) is 8.94. The normalized spacial score (nSPS) is 15.1. The fourth-order valence-corrected chi connectivity index (χ4v) is 2.16. The molecule has 2 rings (SSSR count). The highest BCUT2D eigenvalue weighted by Crippen LogP contribution is 2.24. The Hall–Kier alpha value is -1.35. The van der Waals surface area contributed by atoms with E-state index in [0.717, 1.165) is 12.8 Å². The summed E-state index contributed by atoms with van der Waals surface area (Å²) in [5.41, 5.74) is 8.08. The second-order valence-corrected chi connectivity index (χ2v) is 4.04. The summed E-state index contributed by atoms with van der Waals surface area (Å²) >= 11 is 0. The average Bonchev–Trinajstić information content (AvgIpc) is 2.70. The SMILES string of the molecule is CN(C(=O)CN)C1Cc2ccccc2C1. The highest BCUT2D eigenvalue weighted by Gasteiger charge is 2.26. The second kappa shape index (κ2) is 4.03. The van der Waals surface area contributed by atoms with Gasteiger partial charge < -0.3 is 10.6 Å². The summed E-state index contributed by atoms with van der Waals surface area (Å²) in [6.45, 7) is 0.101. The van der Waals surface area contributed by atoms with E-state index in [1.54, 1.807) is 4.90 Å². The van der Waals surface area contributed by atoms with Crippen molar-refractivity contribution in [1.82, 2.24) is 4.90 Å². The number of nitrogens with zero attached hydrogens (tertiary/aromatic N) is 1. The zero-order valence-corrected chi connectivity index (χ0v) is 8.94. The van der Waals surface area contributed by atoms with Gasteiger partial charge in [-0.15, -0.1) is 0 Å². The van der Waals surface area contributed by atoms with Gasteiger partial charge in [0.15, 0.2) is 0 Å². The number of benzene rings is 1. The van der Waals surface area contributed by atoms with Crippen LogP contribution in [-0.4, -0.2) is 30.4 Å². The molecular weight excluding hydrogens is 188 g/mol. The highest BCUT2D eigenvalue weighted by atomic mass is 16.2. The highest BCUT2D eigenvalue weighted by molar-refractivity contribution is 5.78. The van der Waals surface area contributed by atoms with Crippen LogP contribution >= 0.6 is 0 Å². The minimum absolute atomic E-state index is 0.0211. The number of nitrogens with two attached hydrogens (primary N) is 1. The van der Waals surface area contributed by atoms with Crippen molar-refractivity contribution in [1.29, 1.82) is 0 Å². The lowest BCUT2D eigenvalue weighted by Crippen LogP contribution is -2.41. The number of rotatable bonds is 2. The lowest BCUT2D eigenvalue weighted by molar-refractivity contribution is -0.130. The predicted molar refractivity (Wildman–Crippen MR) is 59.5 cm³/mol. The molecular formula is C12H16N2O. The lowest BCUT2D eigenvalue weighted by Gasteiger charge is -2.23. The number of carbonyl (C=O) groups excluding carboxylic acids is 1. The molecule has 2 N–H and O–H groups in total. The van der Waals surface area contributed by atoms with Crippen LogP contribution in [0, 0.1) is 0 Å². The molecule has 0 atom stereocenters. The van der Waals surface area contributed by atoms with E-state index in [1.165, 1.54) is 11.1 Å². The molecule has 0 saturated carbocycles. The van der Waals surface area contributed by atoms with Crippen molar-refractivity contribution in [2.45, 2.75) is 18.9 Å². The number of carbonyl (C=O) groups is 1. The molecule has 0 saturated heterocycles. The molecule has 1 aliphatic carbocycles. The first-order valence-corrected chi connectivity index (χ1v) is 5.25. The Bertz CT molecular complexity index is 351. The maximum atomic E-state index is 11.5. The fourth-order valence-electron chi connectivity index (χ4n) is 2.16. The van der Waals surface area contributed by atoms with Crippen LogP contribution in [0.4, 0.5) is 0 Å². The molecule has 3 nitrogen and oxygen atoms in total. The van der Waals surface area contributed by atoms with E-state index in [-0.39, 0.29) is 12.5 Å². The Kier molecular flexibility index (Phi) is 2.73. The maximum absolute atomic E-state index is 11.5. The van der Waals surface area contributed by atoms with Gasteiger partial charge in [0.25, 0.3) is 0 Å². The van der Waals surface area contributed by atoms with Crippen LogP contribution in [0.15, 0.2) is 24.3 Å². The number of hydrogen-bond donors (Lipinski definition) is 1. The first kappa shape index (κ1) is 10.2. The first-order valence-electron chi connectivity index (χ1n) is 5.25. The molecule has 0 aliphatic heterocycles. The van der Waals surface area contributed by atoms with Crippen LogP contribution in [0.5, 0.6) is 0 Å². The minimum atomic E-state index is 0.0211. The van der Waals surface area contributed by atoms with Gasteiger partial charge in [-0.05, 0) is 24.0 Å². The van der Waals surface area contributed by atoms with Crippen LogP contribution in [0.1, 0.15) is 11.1 Å². The Labute approximate surface area is 89.9 Å². The average molecular weight is 204 g/mol.